The average Bonchev–Trinajstić information content (AvgIpc) is 2.10. The molecule has 0 aliphatic rings. The Morgan fingerprint density at radius 2 is 1.77 bits per heavy atom. The van der Waals surface area contributed by atoms with E-state index in [2.05, 4.69) is 27.7 Å². The Bertz CT molecular complexity index is 157. The van der Waals surface area contributed by atoms with E-state index in [1.165, 1.54) is 24.8 Å². The van der Waals surface area contributed by atoms with Gasteiger partial charge in [0.25, 0.3) is 0 Å². The summed E-state index contributed by atoms with van der Waals surface area (Å²) in [4.78, 5) is 0. The van der Waals surface area contributed by atoms with Crippen molar-refractivity contribution in [3.8, 4) is 0 Å². The van der Waals surface area contributed by atoms with Crippen LogP contribution in [0.25, 0.3) is 0 Å². The first-order chi connectivity index (χ1) is 6.11. The smallest absolute Gasteiger partial charge is 0.00723 e. The van der Waals surface area contributed by atoms with E-state index in [0.29, 0.717) is 0 Å². The van der Waals surface area contributed by atoms with Gasteiger partial charge in [-0.05, 0) is 31.6 Å². The van der Waals surface area contributed by atoms with Crippen LogP contribution < -0.4 is 5.73 Å². The predicted molar refractivity (Wildman–Crippen MR) is 60.5 cm³/mol. The molecule has 0 amide bonds. The summed E-state index contributed by atoms with van der Waals surface area (Å²) in [5, 5.41) is 0. The molecule has 0 aromatic heterocycles. The molecule has 0 spiro atoms. The molecule has 0 heterocycles. The van der Waals surface area contributed by atoms with Crippen LogP contribution in [-0.4, -0.2) is 0 Å². The normalized spacial score (nSPS) is 13.3. The summed E-state index contributed by atoms with van der Waals surface area (Å²) in [6.45, 7) is 8.91. The van der Waals surface area contributed by atoms with Crippen molar-refractivity contribution in [1.29, 1.82) is 0 Å². The summed E-state index contributed by atoms with van der Waals surface area (Å²) >= 11 is 0. The highest BCUT2D eigenvalue weighted by Gasteiger charge is 2.02. The Balaban J connectivity index is 4.04. The lowest BCUT2D eigenvalue weighted by atomic mass is 10.00. The fraction of sp³-hybridized carbons (Fsp3) is 0.833. The fourth-order valence-corrected chi connectivity index (χ4v) is 1.49. The molecule has 0 aliphatic heterocycles. The second kappa shape index (κ2) is 6.99. The second-order valence-electron chi connectivity index (χ2n) is 4.16. The van der Waals surface area contributed by atoms with Crippen LogP contribution >= 0.6 is 0 Å². The molecule has 2 N–H and O–H groups in total. The maximum atomic E-state index is 6.04. The van der Waals surface area contributed by atoms with Gasteiger partial charge in [0.05, 0.1) is 0 Å². The quantitative estimate of drug-likeness (QED) is 0.665. The molecule has 0 fully saturated rings. The minimum Gasteiger partial charge on any atom is -0.402 e. The zero-order valence-electron chi connectivity index (χ0n) is 9.69. The van der Waals surface area contributed by atoms with Gasteiger partial charge in [-0.15, -0.1) is 0 Å². The topological polar surface area (TPSA) is 26.0 Å². The largest absolute Gasteiger partial charge is 0.402 e. The summed E-state index contributed by atoms with van der Waals surface area (Å²) < 4.78 is 0. The molecule has 78 valence electrons. The molecule has 0 aliphatic carbocycles. The fourth-order valence-electron chi connectivity index (χ4n) is 1.49. The summed E-state index contributed by atoms with van der Waals surface area (Å²) in [7, 11) is 0. The molecular weight excluding hydrogens is 158 g/mol. The number of nitrogens with two attached hydrogens (primary N) is 1. The van der Waals surface area contributed by atoms with Crippen LogP contribution in [0.1, 0.15) is 59.8 Å². The zero-order chi connectivity index (χ0) is 10.3. The standard InChI is InChI=1S/C12H25N/c1-5-7-11(6-2)12(13)9-8-10(3)4/h10H,5-9,13H2,1-4H3. The maximum Gasteiger partial charge on any atom is 0.00723 e. The third kappa shape index (κ3) is 5.73. The highest BCUT2D eigenvalue weighted by atomic mass is 14.6. The SMILES string of the molecule is CCCC(CC)=C(N)CCC(C)C. The van der Waals surface area contributed by atoms with Crippen molar-refractivity contribution in [3.05, 3.63) is 11.3 Å². The zero-order valence-corrected chi connectivity index (χ0v) is 9.69. The molecule has 0 aromatic rings. The molecule has 0 saturated carbocycles. The minimum atomic E-state index is 0.762. The van der Waals surface area contributed by atoms with Crippen LogP contribution in [-0.2, 0) is 0 Å². The highest BCUT2D eigenvalue weighted by Crippen LogP contribution is 2.17. The third-order valence-corrected chi connectivity index (χ3v) is 2.42. The van der Waals surface area contributed by atoms with Crippen molar-refractivity contribution in [1.82, 2.24) is 0 Å². The maximum absolute atomic E-state index is 6.04. The van der Waals surface area contributed by atoms with Gasteiger partial charge in [0.1, 0.15) is 0 Å². The van der Waals surface area contributed by atoms with Gasteiger partial charge in [0.2, 0.25) is 0 Å². The van der Waals surface area contributed by atoms with Gasteiger partial charge in [0, 0.05) is 5.70 Å². The van der Waals surface area contributed by atoms with E-state index in [1.54, 1.807) is 0 Å². The van der Waals surface area contributed by atoms with Crippen molar-refractivity contribution >= 4 is 0 Å². The van der Waals surface area contributed by atoms with Gasteiger partial charge in [-0.25, -0.2) is 0 Å². The van der Waals surface area contributed by atoms with E-state index in [9.17, 15) is 0 Å². The van der Waals surface area contributed by atoms with Crippen LogP contribution in [0.4, 0.5) is 0 Å². The number of hydrogen-bond acceptors (Lipinski definition) is 1. The van der Waals surface area contributed by atoms with Crippen LogP contribution in [0.5, 0.6) is 0 Å². The Labute approximate surface area is 83.4 Å². The molecule has 0 rings (SSSR count). The van der Waals surface area contributed by atoms with E-state index >= 15 is 0 Å². The lowest BCUT2D eigenvalue weighted by Crippen LogP contribution is -2.04. The minimum absolute atomic E-state index is 0.762. The van der Waals surface area contributed by atoms with Gasteiger partial charge in [-0.2, -0.15) is 0 Å². The third-order valence-electron chi connectivity index (χ3n) is 2.42. The summed E-state index contributed by atoms with van der Waals surface area (Å²) in [6.07, 6.45) is 5.82. The van der Waals surface area contributed by atoms with Crippen molar-refractivity contribution < 1.29 is 0 Å². The molecule has 0 aromatic carbocycles. The summed E-state index contributed by atoms with van der Waals surface area (Å²) in [5.74, 6) is 0.762. The number of rotatable bonds is 6. The van der Waals surface area contributed by atoms with E-state index < -0.39 is 0 Å². The van der Waals surface area contributed by atoms with Crippen molar-refractivity contribution in [2.24, 2.45) is 11.7 Å². The van der Waals surface area contributed by atoms with Gasteiger partial charge in [0.15, 0.2) is 0 Å². The molecule has 0 radical (unpaired) electrons. The van der Waals surface area contributed by atoms with Gasteiger partial charge < -0.3 is 5.73 Å². The van der Waals surface area contributed by atoms with Crippen molar-refractivity contribution in [3.63, 3.8) is 0 Å². The lowest BCUT2D eigenvalue weighted by Gasteiger charge is -2.10. The van der Waals surface area contributed by atoms with Gasteiger partial charge in [-0.1, -0.05) is 39.7 Å². The molecule has 0 unspecified atom stereocenters. The average molecular weight is 183 g/mol. The van der Waals surface area contributed by atoms with Crippen molar-refractivity contribution in [2.45, 2.75) is 59.8 Å². The number of allylic oxidation sites excluding steroid dienone is 2. The molecule has 0 saturated heterocycles. The van der Waals surface area contributed by atoms with E-state index in [4.69, 9.17) is 5.73 Å². The van der Waals surface area contributed by atoms with E-state index in [1.807, 2.05) is 0 Å². The summed E-state index contributed by atoms with van der Waals surface area (Å²) in [6, 6.07) is 0. The molecule has 0 atom stereocenters. The molecule has 1 nitrogen and oxygen atoms in total. The van der Waals surface area contributed by atoms with E-state index in [-0.39, 0.29) is 0 Å². The monoisotopic (exact) mass is 183 g/mol. The van der Waals surface area contributed by atoms with Crippen LogP contribution in [0, 0.1) is 5.92 Å². The molecule has 0 bridgehead atoms. The van der Waals surface area contributed by atoms with Crippen LogP contribution in [0.2, 0.25) is 0 Å². The summed E-state index contributed by atoms with van der Waals surface area (Å²) in [5.41, 5.74) is 8.67. The Kier molecular flexibility index (Phi) is 6.75. The first-order valence-corrected chi connectivity index (χ1v) is 5.58. The number of hydrogen-bond donors (Lipinski definition) is 1. The van der Waals surface area contributed by atoms with Crippen LogP contribution in [0.3, 0.4) is 0 Å². The lowest BCUT2D eigenvalue weighted by molar-refractivity contribution is 0.578. The molecular formula is C12H25N. The second-order valence-corrected chi connectivity index (χ2v) is 4.16. The van der Waals surface area contributed by atoms with Gasteiger partial charge >= 0.3 is 0 Å². The van der Waals surface area contributed by atoms with Crippen LogP contribution in [0.15, 0.2) is 11.3 Å². The Hall–Kier alpha value is -0.460. The Morgan fingerprint density at radius 3 is 2.15 bits per heavy atom. The first kappa shape index (κ1) is 12.5. The molecule has 1 heteroatoms. The predicted octanol–water partition coefficient (Wildman–Crippen LogP) is 3.85. The highest BCUT2D eigenvalue weighted by molar-refractivity contribution is 5.10. The Morgan fingerprint density at radius 1 is 1.15 bits per heavy atom. The first-order valence-electron chi connectivity index (χ1n) is 5.58. The van der Waals surface area contributed by atoms with Crippen molar-refractivity contribution in [2.75, 3.05) is 0 Å². The molecule has 13 heavy (non-hydrogen) atoms. The van der Waals surface area contributed by atoms with Gasteiger partial charge in [-0.3, -0.25) is 0 Å². The van der Waals surface area contributed by atoms with E-state index in [0.717, 1.165) is 24.5 Å².